The number of carboxylic acid groups (broad SMARTS) is 1. The van der Waals surface area contributed by atoms with Gasteiger partial charge in [0.1, 0.15) is 5.82 Å². The van der Waals surface area contributed by atoms with Crippen LogP contribution in [0.25, 0.3) is 0 Å². The van der Waals surface area contributed by atoms with Gasteiger partial charge in [-0.2, -0.15) is 11.8 Å². The molecule has 0 heterocycles. The first-order valence-electron chi connectivity index (χ1n) is 6.11. The molecule has 1 rings (SSSR count). The Morgan fingerprint density at radius 1 is 1.40 bits per heavy atom. The molecular formula is C14H18FNO3S. The summed E-state index contributed by atoms with van der Waals surface area (Å²) in [6.45, 7) is 3.13. The number of carbonyl (C=O) groups is 2. The van der Waals surface area contributed by atoms with Crippen molar-refractivity contribution in [1.82, 2.24) is 5.32 Å². The highest BCUT2D eigenvalue weighted by atomic mass is 32.2. The van der Waals surface area contributed by atoms with Gasteiger partial charge in [-0.15, -0.1) is 0 Å². The van der Waals surface area contributed by atoms with Crippen molar-refractivity contribution in [3.05, 3.63) is 35.6 Å². The van der Waals surface area contributed by atoms with E-state index in [9.17, 15) is 19.1 Å². The topological polar surface area (TPSA) is 66.4 Å². The molecular weight excluding hydrogens is 281 g/mol. The molecule has 0 saturated carbocycles. The van der Waals surface area contributed by atoms with Crippen molar-refractivity contribution in [3.8, 4) is 0 Å². The molecule has 110 valence electrons. The summed E-state index contributed by atoms with van der Waals surface area (Å²) in [4.78, 5) is 23.5. The van der Waals surface area contributed by atoms with E-state index in [2.05, 4.69) is 5.32 Å². The zero-order valence-corrected chi connectivity index (χ0v) is 12.5. The Balaban J connectivity index is 3.01. The lowest BCUT2D eigenvalue weighted by Gasteiger charge is -2.28. The molecule has 0 fully saturated rings. The maximum Gasteiger partial charge on any atom is 0.333 e. The minimum atomic E-state index is -1.57. The van der Waals surface area contributed by atoms with E-state index in [1.807, 2.05) is 6.26 Å². The summed E-state index contributed by atoms with van der Waals surface area (Å²) in [7, 11) is 0. The largest absolute Gasteiger partial charge is 0.479 e. The quantitative estimate of drug-likeness (QED) is 0.845. The highest BCUT2D eigenvalue weighted by Crippen LogP contribution is 2.22. The van der Waals surface area contributed by atoms with Crippen LogP contribution in [-0.4, -0.2) is 29.0 Å². The Morgan fingerprint density at radius 3 is 2.40 bits per heavy atom. The lowest BCUT2D eigenvalue weighted by Crippen LogP contribution is -2.51. The Morgan fingerprint density at radius 2 is 1.95 bits per heavy atom. The average Bonchev–Trinajstić information content (AvgIpc) is 2.39. The maximum absolute atomic E-state index is 12.9. The van der Waals surface area contributed by atoms with Crippen LogP contribution in [0.2, 0.25) is 0 Å². The standard InChI is InChI=1S/C14H18FNO3S/c1-9(8-20-3)12(17)16-14(2,13(18)19)10-4-6-11(15)7-5-10/h4-7,9H,8H2,1-3H3,(H,16,17)(H,18,19). The zero-order chi connectivity index (χ0) is 15.3. The van der Waals surface area contributed by atoms with Gasteiger partial charge in [0.05, 0.1) is 0 Å². The van der Waals surface area contributed by atoms with Crippen LogP contribution in [-0.2, 0) is 15.1 Å². The third-order valence-corrected chi connectivity index (χ3v) is 3.92. The number of rotatable bonds is 6. The van der Waals surface area contributed by atoms with Gasteiger partial charge in [-0.1, -0.05) is 19.1 Å². The number of nitrogens with one attached hydrogen (secondary N) is 1. The van der Waals surface area contributed by atoms with Crippen LogP contribution in [0.1, 0.15) is 19.4 Å². The van der Waals surface area contributed by atoms with Crippen molar-refractivity contribution in [2.24, 2.45) is 5.92 Å². The Bertz CT molecular complexity index is 492. The number of carbonyl (C=O) groups excluding carboxylic acids is 1. The molecule has 1 aromatic rings. The molecule has 4 nitrogen and oxygen atoms in total. The van der Waals surface area contributed by atoms with Crippen molar-refractivity contribution < 1.29 is 19.1 Å². The van der Waals surface area contributed by atoms with E-state index in [1.54, 1.807) is 6.92 Å². The van der Waals surface area contributed by atoms with Crippen LogP contribution in [0, 0.1) is 11.7 Å². The van der Waals surface area contributed by atoms with Crippen LogP contribution >= 0.6 is 11.8 Å². The number of amides is 1. The van der Waals surface area contributed by atoms with E-state index in [1.165, 1.54) is 43.0 Å². The van der Waals surface area contributed by atoms with Crippen LogP contribution in [0.4, 0.5) is 4.39 Å². The molecule has 0 spiro atoms. The lowest BCUT2D eigenvalue weighted by molar-refractivity contribution is -0.147. The van der Waals surface area contributed by atoms with Crippen molar-refractivity contribution in [3.63, 3.8) is 0 Å². The Kier molecular flexibility index (Phi) is 5.56. The SMILES string of the molecule is CSCC(C)C(=O)NC(C)(C(=O)O)c1ccc(F)cc1. The fourth-order valence-corrected chi connectivity index (χ4v) is 2.38. The van der Waals surface area contributed by atoms with E-state index < -0.39 is 17.3 Å². The van der Waals surface area contributed by atoms with Gasteiger partial charge >= 0.3 is 5.97 Å². The van der Waals surface area contributed by atoms with Gasteiger partial charge in [0, 0.05) is 11.7 Å². The molecule has 0 radical (unpaired) electrons. The summed E-state index contributed by atoms with van der Waals surface area (Å²) in [5, 5.41) is 11.9. The average molecular weight is 299 g/mol. The first-order chi connectivity index (χ1) is 9.31. The van der Waals surface area contributed by atoms with Gasteiger partial charge in [0.25, 0.3) is 0 Å². The van der Waals surface area contributed by atoms with E-state index in [-0.39, 0.29) is 11.8 Å². The van der Waals surface area contributed by atoms with Gasteiger partial charge in [0.15, 0.2) is 5.54 Å². The van der Waals surface area contributed by atoms with Crippen molar-refractivity contribution in [2.75, 3.05) is 12.0 Å². The molecule has 0 aliphatic heterocycles. The molecule has 0 saturated heterocycles. The zero-order valence-electron chi connectivity index (χ0n) is 11.6. The number of benzene rings is 1. The molecule has 2 unspecified atom stereocenters. The molecule has 20 heavy (non-hydrogen) atoms. The molecule has 0 aliphatic carbocycles. The molecule has 1 amide bonds. The third-order valence-electron chi connectivity index (χ3n) is 3.09. The van der Waals surface area contributed by atoms with Gasteiger partial charge in [-0.3, -0.25) is 4.79 Å². The lowest BCUT2D eigenvalue weighted by atomic mass is 9.91. The Labute approximate surface area is 121 Å². The van der Waals surface area contributed by atoms with Crippen molar-refractivity contribution in [1.29, 1.82) is 0 Å². The van der Waals surface area contributed by atoms with Crippen LogP contribution in [0.5, 0.6) is 0 Å². The van der Waals surface area contributed by atoms with E-state index in [0.717, 1.165) is 0 Å². The highest BCUT2D eigenvalue weighted by molar-refractivity contribution is 7.98. The first-order valence-corrected chi connectivity index (χ1v) is 7.51. The maximum atomic E-state index is 12.9. The van der Waals surface area contributed by atoms with Crippen molar-refractivity contribution in [2.45, 2.75) is 19.4 Å². The fourth-order valence-electron chi connectivity index (χ4n) is 1.73. The van der Waals surface area contributed by atoms with E-state index in [4.69, 9.17) is 0 Å². The number of halogens is 1. The van der Waals surface area contributed by atoms with Gasteiger partial charge in [-0.05, 0) is 30.9 Å². The molecule has 0 aromatic heterocycles. The highest BCUT2D eigenvalue weighted by Gasteiger charge is 2.37. The second-order valence-electron chi connectivity index (χ2n) is 4.78. The molecule has 6 heteroatoms. The van der Waals surface area contributed by atoms with Crippen LogP contribution in [0.15, 0.2) is 24.3 Å². The number of thioether (sulfide) groups is 1. The summed E-state index contributed by atoms with van der Waals surface area (Å²) in [5.74, 6) is -1.68. The second-order valence-corrected chi connectivity index (χ2v) is 5.69. The minimum Gasteiger partial charge on any atom is -0.479 e. The summed E-state index contributed by atoms with van der Waals surface area (Å²) >= 11 is 1.51. The normalized spacial score (nSPS) is 15.2. The van der Waals surface area contributed by atoms with E-state index >= 15 is 0 Å². The number of aliphatic carboxylic acids is 1. The summed E-state index contributed by atoms with van der Waals surface area (Å²) < 4.78 is 12.9. The number of hydrogen-bond donors (Lipinski definition) is 2. The molecule has 2 atom stereocenters. The van der Waals surface area contributed by atoms with Gasteiger partial charge < -0.3 is 10.4 Å². The third kappa shape index (κ3) is 3.72. The van der Waals surface area contributed by atoms with Gasteiger partial charge in [-0.25, -0.2) is 9.18 Å². The number of carboxylic acids is 1. The van der Waals surface area contributed by atoms with Crippen LogP contribution < -0.4 is 5.32 Å². The van der Waals surface area contributed by atoms with Crippen molar-refractivity contribution >= 4 is 23.6 Å². The minimum absolute atomic E-state index is 0.302. The smallest absolute Gasteiger partial charge is 0.333 e. The van der Waals surface area contributed by atoms with Gasteiger partial charge in [0.2, 0.25) is 5.91 Å². The molecule has 1 aromatic carbocycles. The molecule has 0 bridgehead atoms. The summed E-state index contributed by atoms with van der Waals surface area (Å²) in [5.41, 5.74) is -1.24. The first kappa shape index (κ1) is 16.5. The fraction of sp³-hybridized carbons (Fsp3) is 0.429. The number of hydrogen-bond acceptors (Lipinski definition) is 3. The molecule has 0 aliphatic rings. The Hall–Kier alpha value is -1.56. The second kappa shape index (κ2) is 6.74. The molecule has 2 N–H and O–H groups in total. The predicted octanol–water partition coefficient (Wildman–Crippen LogP) is 2.24. The monoisotopic (exact) mass is 299 g/mol. The summed E-state index contributed by atoms with van der Waals surface area (Å²) in [6, 6.07) is 5.08. The van der Waals surface area contributed by atoms with E-state index in [0.29, 0.717) is 11.3 Å². The predicted molar refractivity (Wildman–Crippen MR) is 77.1 cm³/mol. The van der Waals surface area contributed by atoms with Crippen LogP contribution in [0.3, 0.4) is 0 Å². The summed E-state index contributed by atoms with van der Waals surface area (Å²) in [6.07, 6.45) is 1.88.